The lowest BCUT2D eigenvalue weighted by molar-refractivity contribution is 0.193. The predicted octanol–water partition coefficient (Wildman–Crippen LogP) is 3.26. The Morgan fingerprint density at radius 3 is 2.85 bits per heavy atom. The van der Waals surface area contributed by atoms with Crippen LogP contribution >= 0.6 is 12.4 Å². The molecule has 1 aliphatic heterocycles. The third-order valence-corrected chi connectivity index (χ3v) is 5.63. The van der Waals surface area contributed by atoms with Crippen LogP contribution in [0.4, 0.5) is 4.79 Å². The van der Waals surface area contributed by atoms with Gasteiger partial charge in [-0.05, 0) is 50.1 Å². The Balaban J connectivity index is 0.00000196. The van der Waals surface area contributed by atoms with Gasteiger partial charge in [0.2, 0.25) is 0 Å². The fourth-order valence-electron chi connectivity index (χ4n) is 4.30. The van der Waals surface area contributed by atoms with Gasteiger partial charge in [0.15, 0.2) is 0 Å². The van der Waals surface area contributed by atoms with E-state index in [2.05, 4.69) is 52.7 Å². The summed E-state index contributed by atoms with van der Waals surface area (Å²) < 4.78 is 0. The molecule has 0 spiro atoms. The van der Waals surface area contributed by atoms with Crippen LogP contribution in [0.3, 0.4) is 0 Å². The van der Waals surface area contributed by atoms with Crippen LogP contribution in [0.2, 0.25) is 0 Å². The van der Waals surface area contributed by atoms with Crippen LogP contribution in [0.25, 0.3) is 16.5 Å². The van der Waals surface area contributed by atoms with Crippen LogP contribution in [0.5, 0.6) is 0 Å². The van der Waals surface area contributed by atoms with Gasteiger partial charge in [-0.2, -0.15) is 0 Å². The van der Waals surface area contributed by atoms with E-state index in [1.54, 1.807) is 0 Å². The van der Waals surface area contributed by atoms with Crippen molar-refractivity contribution in [3.63, 3.8) is 0 Å². The number of likely N-dealkylation sites (N-methyl/N-ethyl adjacent to an activating group) is 1. The molecule has 0 radical (unpaired) electrons. The van der Waals surface area contributed by atoms with Crippen LogP contribution in [0, 0.1) is 0 Å². The van der Waals surface area contributed by atoms with E-state index in [1.165, 1.54) is 27.6 Å². The third-order valence-electron chi connectivity index (χ3n) is 5.63. The minimum atomic E-state index is 0. The average Bonchev–Trinajstić information content (AvgIpc) is 3.02. The van der Waals surface area contributed by atoms with E-state index in [1.807, 2.05) is 18.7 Å². The minimum absolute atomic E-state index is 0. The first-order valence-corrected chi connectivity index (χ1v) is 9.19. The normalized spacial score (nSPS) is 21.6. The van der Waals surface area contributed by atoms with Crippen molar-refractivity contribution in [2.24, 2.45) is 0 Å². The van der Waals surface area contributed by atoms with Crippen molar-refractivity contribution in [3.05, 3.63) is 41.6 Å². The Bertz CT molecular complexity index is 839. The Kier molecular flexibility index (Phi) is 5.30. The molecule has 2 aliphatic rings. The number of hydrogen-bond acceptors (Lipinski definition) is 2. The first kappa shape index (κ1) is 18.8. The first-order chi connectivity index (χ1) is 12.1. The zero-order valence-electron chi connectivity index (χ0n) is 15.6. The Labute approximate surface area is 160 Å². The zero-order valence-corrected chi connectivity index (χ0v) is 16.4. The first-order valence-electron chi connectivity index (χ1n) is 9.19. The molecule has 2 heterocycles. The molecule has 4 rings (SSSR count). The summed E-state index contributed by atoms with van der Waals surface area (Å²) in [5, 5.41) is 4.54. The van der Waals surface area contributed by atoms with E-state index in [0.717, 1.165) is 26.1 Å². The highest BCUT2D eigenvalue weighted by molar-refractivity contribution is 5.98. The summed E-state index contributed by atoms with van der Waals surface area (Å²) in [7, 11) is 2.16. The van der Waals surface area contributed by atoms with Crippen LogP contribution in [-0.2, 0) is 6.42 Å². The van der Waals surface area contributed by atoms with Gasteiger partial charge in [0, 0.05) is 42.8 Å². The maximum Gasteiger partial charge on any atom is 0.317 e. The van der Waals surface area contributed by atoms with E-state index >= 15 is 0 Å². The molecule has 0 saturated heterocycles. The molecule has 2 aromatic rings. The van der Waals surface area contributed by atoms with E-state index in [-0.39, 0.29) is 24.5 Å². The number of urea groups is 1. The van der Waals surface area contributed by atoms with E-state index < -0.39 is 0 Å². The maximum atomic E-state index is 12.4. The van der Waals surface area contributed by atoms with Gasteiger partial charge >= 0.3 is 6.03 Å². The van der Waals surface area contributed by atoms with Crippen LogP contribution < -0.4 is 5.32 Å². The van der Waals surface area contributed by atoms with Crippen molar-refractivity contribution in [3.8, 4) is 0 Å². The van der Waals surface area contributed by atoms with Crippen molar-refractivity contribution in [2.75, 3.05) is 26.7 Å². The van der Waals surface area contributed by atoms with Crippen molar-refractivity contribution in [1.29, 1.82) is 0 Å². The second kappa shape index (κ2) is 7.33. The number of aromatic amines is 1. The number of nitrogens with one attached hydrogen (secondary N) is 2. The smallest absolute Gasteiger partial charge is 0.317 e. The molecular formula is C20H27ClN4O. The Hall–Kier alpha value is -1.98. The average molecular weight is 375 g/mol. The SMILES string of the molecule is CCN(CC)C(=O)N[C@H]1C=C2c3cccc4[nH]cc(c34)C[C@H]2N(C)C1.Cl. The summed E-state index contributed by atoms with van der Waals surface area (Å²) in [5.74, 6) is 0. The summed E-state index contributed by atoms with van der Waals surface area (Å²) in [4.78, 5) is 20.0. The molecule has 1 aliphatic carbocycles. The van der Waals surface area contributed by atoms with Crippen molar-refractivity contribution in [1.82, 2.24) is 20.1 Å². The molecule has 140 valence electrons. The summed E-state index contributed by atoms with van der Waals surface area (Å²) in [6.07, 6.45) is 5.44. The van der Waals surface area contributed by atoms with E-state index in [0.29, 0.717) is 6.04 Å². The summed E-state index contributed by atoms with van der Waals surface area (Å²) in [5.41, 5.74) is 5.24. The van der Waals surface area contributed by atoms with Crippen LogP contribution in [-0.4, -0.2) is 59.6 Å². The number of aromatic nitrogens is 1. The fourth-order valence-corrected chi connectivity index (χ4v) is 4.30. The predicted molar refractivity (Wildman–Crippen MR) is 109 cm³/mol. The topological polar surface area (TPSA) is 51.4 Å². The van der Waals surface area contributed by atoms with Crippen molar-refractivity contribution < 1.29 is 4.79 Å². The van der Waals surface area contributed by atoms with Gasteiger partial charge in [0.1, 0.15) is 0 Å². The molecule has 0 fully saturated rings. The minimum Gasteiger partial charge on any atom is -0.361 e. The standard InChI is InChI=1S/C20H26N4O.ClH/c1-4-24(5-2)20(25)22-14-10-16-15-7-6-8-17-19(15)13(11-21-17)9-18(16)23(3)12-14;/h6-8,10-11,14,18,21H,4-5,9,12H2,1-3H3,(H,22,25);1H/t14-,18+;/m0./s1. The lowest BCUT2D eigenvalue weighted by Gasteiger charge is -2.40. The highest BCUT2D eigenvalue weighted by atomic mass is 35.5. The largest absolute Gasteiger partial charge is 0.361 e. The monoisotopic (exact) mass is 374 g/mol. The second-order valence-electron chi connectivity index (χ2n) is 7.05. The Morgan fingerprint density at radius 1 is 1.35 bits per heavy atom. The molecule has 26 heavy (non-hydrogen) atoms. The molecule has 1 aromatic heterocycles. The summed E-state index contributed by atoms with van der Waals surface area (Å²) in [6, 6.07) is 6.90. The van der Waals surface area contributed by atoms with E-state index in [9.17, 15) is 4.79 Å². The maximum absolute atomic E-state index is 12.4. The van der Waals surface area contributed by atoms with Crippen LogP contribution in [0.1, 0.15) is 25.0 Å². The molecule has 0 bridgehead atoms. The van der Waals surface area contributed by atoms with Crippen molar-refractivity contribution >= 4 is 34.9 Å². The van der Waals surface area contributed by atoms with Gasteiger partial charge in [-0.1, -0.05) is 18.2 Å². The van der Waals surface area contributed by atoms with Gasteiger partial charge in [-0.3, -0.25) is 4.90 Å². The molecule has 5 nitrogen and oxygen atoms in total. The van der Waals surface area contributed by atoms with Gasteiger partial charge in [0.25, 0.3) is 0 Å². The molecular weight excluding hydrogens is 348 g/mol. The number of benzene rings is 1. The molecule has 6 heteroatoms. The summed E-state index contributed by atoms with van der Waals surface area (Å²) in [6.45, 7) is 6.34. The number of nitrogens with zero attached hydrogens (tertiary/aromatic N) is 2. The Morgan fingerprint density at radius 2 is 2.12 bits per heavy atom. The number of rotatable bonds is 3. The van der Waals surface area contributed by atoms with Crippen molar-refractivity contribution in [2.45, 2.75) is 32.4 Å². The zero-order chi connectivity index (χ0) is 17.6. The van der Waals surface area contributed by atoms with Crippen LogP contribution in [0.15, 0.2) is 30.5 Å². The highest BCUT2D eigenvalue weighted by Gasteiger charge is 2.34. The number of H-pyrrole nitrogens is 1. The van der Waals surface area contributed by atoms with Gasteiger partial charge < -0.3 is 15.2 Å². The quantitative estimate of drug-likeness (QED) is 0.866. The molecule has 2 amide bonds. The third kappa shape index (κ3) is 2.99. The van der Waals surface area contributed by atoms with Gasteiger partial charge in [-0.15, -0.1) is 12.4 Å². The molecule has 0 saturated carbocycles. The number of halogens is 1. The van der Waals surface area contributed by atoms with Gasteiger partial charge in [0.05, 0.1) is 6.04 Å². The molecule has 2 N–H and O–H groups in total. The lowest BCUT2D eigenvalue weighted by Crippen LogP contribution is -2.52. The van der Waals surface area contributed by atoms with Gasteiger partial charge in [-0.25, -0.2) is 4.79 Å². The highest BCUT2D eigenvalue weighted by Crippen LogP contribution is 2.39. The number of amides is 2. The molecule has 0 unspecified atom stereocenters. The number of carbonyl (C=O) groups is 1. The fraction of sp³-hybridized carbons (Fsp3) is 0.450. The summed E-state index contributed by atoms with van der Waals surface area (Å²) >= 11 is 0. The number of fused-ring (bicyclic) bond motifs is 2. The number of carbonyl (C=O) groups excluding carboxylic acids is 1. The number of hydrogen-bond donors (Lipinski definition) is 2. The van der Waals surface area contributed by atoms with E-state index in [4.69, 9.17) is 0 Å². The molecule has 1 aromatic carbocycles. The second-order valence-corrected chi connectivity index (χ2v) is 7.05. The molecule has 2 atom stereocenters. The lowest BCUT2D eigenvalue weighted by atomic mass is 9.81.